The van der Waals surface area contributed by atoms with E-state index < -0.39 is 23.4 Å². The van der Waals surface area contributed by atoms with E-state index in [-0.39, 0.29) is 5.69 Å². The number of hydrogen-bond acceptors (Lipinski definition) is 8. The van der Waals surface area contributed by atoms with Gasteiger partial charge in [-0.2, -0.15) is 11.3 Å². The van der Waals surface area contributed by atoms with E-state index in [4.69, 9.17) is 4.74 Å². The predicted octanol–water partition coefficient (Wildman–Crippen LogP) is 4.19. The Morgan fingerprint density at radius 1 is 1.29 bits per heavy atom. The third-order valence-electron chi connectivity index (χ3n) is 3.86. The molecule has 0 radical (unpaired) electrons. The van der Waals surface area contributed by atoms with E-state index in [1.165, 1.54) is 41.7 Å². The number of aryl methyl sites for hydroxylation is 1. The summed E-state index contributed by atoms with van der Waals surface area (Å²) >= 11 is 2.74. The zero-order chi connectivity index (χ0) is 20.3. The van der Waals surface area contributed by atoms with Gasteiger partial charge in [-0.1, -0.05) is 6.07 Å². The first-order chi connectivity index (χ1) is 13.4. The average Bonchev–Trinajstić information content (AvgIpc) is 3.30. The number of hydrogen-bond donors (Lipinski definition) is 1. The molecule has 1 N–H and O–H groups in total. The molecule has 144 valence electrons. The molecule has 8 nitrogen and oxygen atoms in total. The van der Waals surface area contributed by atoms with E-state index in [1.807, 2.05) is 16.8 Å². The van der Waals surface area contributed by atoms with E-state index in [1.54, 1.807) is 13.0 Å². The molecule has 2 aromatic heterocycles. The number of carbonyl (C=O) groups is 2. The Bertz CT molecular complexity index is 1040. The van der Waals surface area contributed by atoms with Gasteiger partial charge in [0.25, 0.3) is 11.6 Å². The normalized spacial score (nSPS) is 10.5. The zero-order valence-electron chi connectivity index (χ0n) is 14.9. The molecule has 1 aromatic carbocycles. The third-order valence-corrected chi connectivity index (χ3v) is 5.73. The largest absolute Gasteiger partial charge is 0.451 e. The summed E-state index contributed by atoms with van der Waals surface area (Å²) in [6.45, 7) is 2.73. The van der Waals surface area contributed by atoms with Crippen LogP contribution in [0.3, 0.4) is 0 Å². The molecule has 0 bridgehead atoms. The first kappa shape index (κ1) is 19.6. The van der Waals surface area contributed by atoms with Crippen LogP contribution in [0.1, 0.15) is 20.9 Å². The van der Waals surface area contributed by atoms with Crippen LogP contribution >= 0.6 is 22.7 Å². The summed E-state index contributed by atoms with van der Waals surface area (Å²) in [6.07, 6.45) is 0. The lowest BCUT2D eigenvalue weighted by Gasteiger charge is -2.09. The lowest BCUT2D eigenvalue weighted by atomic mass is 10.1. The molecule has 28 heavy (non-hydrogen) atoms. The number of anilines is 1. The van der Waals surface area contributed by atoms with Gasteiger partial charge in [0.05, 0.1) is 21.9 Å². The monoisotopic (exact) mass is 417 g/mol. The first-order valence-corrected chi connectivity index (χ1v) is 9.83. The Morgan fingerprint density at radius 3 is 2.75 bits per heavy atom. The summed E-state index contributed by atoms with van der Waals surface area (Å²) in [5, 5.41) is 18.1. The molecule has 0 saturated carbocycles. The highest BCUT2D eigenvalue weighted by molar-refractivity contribution is 7.17. The second-order valence-electron chi connectivity index (χ2n) is 5.78. The minimum atomic E-state index is -0.637. The summed E-state index contributed by atoms with van der Waals surface area (Å²) in [5.74, 6) is -1.22. The van der Waals surface area contributed by atoms with E-state index in [0.717, 1.165) is 5.56 Å². The quantitative estimate of drug-likeness (QED) is 0.366. The molecule has 2 heterocycles. The third kappa shape index (κ3) is 4.24. The number of ether oxygens (including phenoxy) is 1. The van der Waals surface area contributed by atoms with Crippen LogP contribution in [-0.2, 0) is 9.53 Å². The molecule has 10 heteroatoms. The SMILES string of the molecule is Cc1nc(-c2ccsc2)sc1C(=O)OCC(=O)Nc1cccc([N+](=O)[O-])c1C. The summed E-state index contributed by atoms with van der Waals surface area (Å²) in [6, 6.07) is 6.28. The van der Waals surface area contributed by atoms with E-state index >= 15 is 0 Å². The number of nitrogens with zero attached hydrogens (tertiary/aromatic N) is 2. The fourth-order valence-electron chi connectivity index (χ4n) is 2.44. The number of thiophene rings is 1. The van der Waals surface area contributed by atoms with Gasteiger partial charge < -0.3 is 10.1 Å². The number of aromatic nitrogens is 1. The maximum absolute atomic E-state index is 12.3. The molecule has 0 fully saturated rings. The van der Waals surface area contributed by atoms with Crippen LogP contribution in [0.25, 0.3) is 10.6 Å². The molecular weight excluding hydrogens is 402 g/mol. The summed E-state index contributed by atoms with van der Waals surface area (Å²) in [5.41, 5.74) is 1.98. The van der Waals surface area contributed by atoms with Gasteiger partial charge in [-0.25, -0.2) is 9.78 Å². The van der Waals surface area contributed by atoms with Gasteiger partial charge in [-0.15, -0.1) is 11.3 Å². The Kier molecular flexibility index (Phi) is 5.81. The number of benzene rings is 1. The topological polar surface area (TPSA) is 111 Å². The number of nitro groups is 1. The highest BCUT2D eigenvalue weighted by Gasteiger charge is 2.20. The van der Waals surface area contributed by atoms with Crippen LogP contribution in [-0.4, -0.2) is 28.4 Å². The Labute approximate surface area is 168 Å². The fraction of sp³-hybridized carbons (Fsp3) is 0.167. The van der Waals surface area contributed by atoms with Crippen LogP contribution in [0.5, 0.6) is 0 Å². The molecule has 0 atom stereocenters. The van der Waals surface area contributed by atoms with Crippen LogP contribution in [0, 0.1) is 24.0 Å². The number of carbonyl (C=O) groups excluding carboxylic acids is 2. The number of amides is 1. The summed E-state index contributed by atoms with van der Waals surface area (Å²) < 4.78 is 5.08. The van der Waals surface area contributed by atoms with Gasteiger partial charge in [-0.3, -0.25) is 14.9 Å². The van der Waals surface area contributed by atoms with Gasteiger partial charge in [0, 0.05) is 17.0 Å². The summed E-state index contributed by atoms with van der Waals surface area (Å²) in [7, 11) is 0. The van der Waals surface area contributed by atoms with Gasteiger partial charge in [-0.05, 0) is 31.4 Å². The van der Waals surface area contributed by atoms with Crippen molar-refractivity contribution in [3.63, 3.8) is 0 Å². The average molecular weight is 417 g/mol. The lowest BCUT2D eigenvalue weighted by molar-refractivity contribution is -0.385. The maximum atomic E-state index is 12.3. The van der Waals surface area contributed by atoms with Crippen molar-refractivity contribution in [3.05, 3.63) is 61.3 Å². The van der Waals surface area contributed by atoms with Crippen molar-refractivity contribution in [3.8, 4) is 10.6 Å². The highest BCUT2D eigenvalue weighted by atomic mass is 32.1. The first-order valence-electron chi connectivity index (χ1n) is 8.07. The number of esters is 1. The van der Waals surface area contributed by atoms with Crippen molar-refractivity contribution < 1.29 is 19.2 Å². The van der Waals surface area contributed by atoms with Gasteiger partial charge >= 0.3 is 5.97 Å². The van der Waals surface area contributed by atoms with Crippen molar-refractivity contribution >= 4 is 45.9 Å². The molecular formula is C18H15N3O5S2. The van der Waals surface area contributed by atoms with Crippen LogP contribution < -0.4 is 5.32 Å². The Balaban J connectivity index is 1.63. The van der Waals surface area contributed by atoms with Crippen molar-refractivity contribution in [2.45, 2.75) is 13.8 Å². The predicted molar refractivity (Wildman–Crippen MR) is 107 cm³/mol. The highest BCUT2D eigenvalue weighted by Crippen LogP contribution is 2.30. The van der Waals surface area contributed by atoms with Crippen LogP contribution in [0.2, 0.25) is 0 Å². The second-order valence-corrected chi connectivity index (χ2v) is 7.56. The molecule has 0 aliphatic heterocycles. The Hall–Kier alpha value is -3.11. The van der Waals surface area contributed by atoms with Gasteiger partial charge in [0.1, 0.15) is 9.88 Å². The van der Waals surface area contributed by atoms with Crippen molar-refractivity contribution in [2.24, 2.45) is 0 Å². The number of thiazole rings is 1. The maximum Gasteiger partial charge on any atom is 0.350 e. The van der Waals surface area contributed by atoms with Gasteiger partial charge in [0.15, 0.2) is 6.61 Å². The van der Waals surface area contributed by atoms with E-state index in [2.05, 4.69) is 10.3 Å². The van der Waals surface area contributed by atoms with Gasteiger partial charge in [0.2, 0.25) is 0 Å². The fourth-order valence-corrected chi connectivity index (χ4v) is 4.11. The smallest absolute Gasteiger partial charge is 0.350 e. The van der Waals surface area contributed by atoms with Crippen LogP contribution in [0.15, 0.2) is 35.0 Å². The molecule has 3 rings (SSSR count). The van der Waals surface area contributed by atoms with Crippen molar-refractivity contribution in [1.29, 1.82) is 0 Å². The number of nitrogens with one attached hydrogen (secondary N) is 1. The molecule has 0 aliphatic rings. The molecule has 3 aromatic rings. The standard InChI is InChI=1S/C18H15N3O5S2/c1-10-13(4-3-5-14(10)21(24)25)20-15(22)8-26-18(23)16-11(2)19-17(28-16)12-6-7-27-9-12/h3-7,9H,8H2,1-2H3,(H,20,22). The second kappa shape index (κ2) is 8.28. The molecule has 1 amide bonds. The molecule has 0 aliphatic carbocycles. The zero-order valence-corrected chi connectivity index (χ0v) is 16.6. The summed E-state index contributed by atoms with van der Waals surface area (Å²) in [4.78, 5) is 39.5. The minimum absolute atomic E-state index is 0.101. The lowest BCUT2D eigenvalue weighted by Crippen LogP contribution is -2.21. The number of rotatable bonds is 6. The molecule has 0 unspecified atom stereocenters. The number of nitro benzene ring substituents is 1. The van der Waals surface area contributed by atoms with Crippen molar-refractivity contribution in [1.82, 2.24) is 4.98 Å². The molecule has 0 saturated heterocycles. The Morgan fingerprint density at radius 2 is 2.07 bits per heavy atom. The van der Waals surface area contributed by atoms with E-state index in [9.17, 15) is 19.7 Å². The molecule has 0 spiro atoms. The van der Waals surface area contributed by atoms with Crippen molar-refractivity contribution in [2.75, 3.05) is 11.9 Å². The van der Waals surface area contributed by atoms with Crippen LogP contribution in [0.4, 0.5) is 11.4 Å². The van der Waals surface area contributed by atoms with E-state index in [0.29, 0.717) is 26.8 Å². The minimum Gasteiger partial charge on any atom is -0.451 e.